The first-order valence-corrected chi connectivity index (χ1v) is 6.33. The van der Waals surface area contributed by atoms with Crippen molar-refractivity contribution < 1.29 is 19.1 Å². The molecule has 1 aliphatic rings. The van der Waals surface area contributed by atoms with Crippen molar-refractivity contribution in [3.63, 3.8) is 0 Å². The van der Waals surface area contributed by atoms with Crippen LogP contribution < -0.4 is 5.32 Å². The van der Waals surface area contributed by atoms with E-state index in [2.05, 4.69) is 5.32 Å². The Bertz CT molecular complexity index is 305. The normalized spacial score (nSPS) is 17.1. The van der Waals surface area contributed by atoms with Gasteiger partial charge >= 0.3 is 6.09 Å². The lowest BCUT2D eigenvalue weighted by Crippen LogP contribution is -2.45. The summed E-state index contributed by atoms with van der Waals surface area (Å²) in [6.45, 7) is 5.39. The zero-order valence-corrected chi connectivity index (χ0v) is 11.6. The number of hydrogen-bond acceptors (Lipinski definition) is 4. The van der Waals surface area contributed by atoms with E-state index in [4.69, 9.17) is 9.47 Å². The van der Waals surface area contributed by atoms with Gasteiger partial charge in [0, 0.05) is 7.11 Å². The van der Waals surface area contributed by atoms with Crippen LogP contribution in [-0.2, 0) is 14.3 Å². The highest BCUT2D eigenvalue weighted by molar-refractivity contribution is 5.88. The van der Waals surface area contributed by atoms with Crippen LogP contribution in [0.15, 0.2) is 0 Å². The topological polar surface area (TPSA) is 64.6 Å². The Balaban J connectivity index is 2.48. The minimum Gasteiger partial charge on any atom is -0.444 e. The van der Waals surface area contributed by atoms with Gasteiger partial charge in [-0.2, -0.15) is 0 Å². The van der Waals surface area contributed by atoms with Crippen molar-refractivity contribution in [2.24, 2.45) is 5.92 Å². The van der Waals surface area contributed by atoms with Crippen molar-refractivity contribution >= 4 is 11.9 Å². The molecule has 1 atom stereocenters. The first-order valence-electron chi connectivity index (χ1n) is 6.33. The monoisotopic (exact) mass is 257 g/mol. The number of rotatable bonds is 6. The molecule has 1 aliphatic carbocycles. The third-order valence-electron chi connectivity index (χ3n) is 2.63. The highest BCUT2D eigenvalue weighted by Gasteiger charge is 2.31. The molecule has 5 nitrogen and oxygen atoms in total. The van der Waals surface area contributed by atoms with Crippen LogP contribution in [0.2, 0.25) is 0 Å². The van der Waals surface area contributed by atoms with Gasteiger partial charge in [-0.1, -0.05) is 12.8 Å². The molecule has 1 rings (SSSR count). The lowest BCUT2D eigenvalue weighted by molar-refractivity contribution is -0.125. The highest BCUT2D eigenvalue weighted by atomic mass is 16.6. The van der Waals surface area contributed by atoms with Crippen molar-refractivity contribution in [3.05, 3.63) is 0 Å². The summed E-state index contributed by atoms with van der Waals surface area (Å²) in [4.78, 5) is 23.5. The van der Waals surface area contributed by atoms with Gasteiger partial charge in [0.15, 0.2) is 5.78 Å². The van der Waals surface area contributed by atoms with Crippen LogP contribution in [0.25, 0.3) is 0 Å². The molecule has 0 bridgehead atoms. The van der Waals surface area contributed by atoms with Crippen molar-refractivity contribution in [3.8, 4) is 0 Å². The molecule has 0 aromatic carbocycles. The zero-order chi connectivity index (χ0) is 13.8. The standard InChI is InChI=1S/C13H23NO4/c1-13(2,3)18-12(16)14-10(7-9-5-6-9)11(15)8-17-4/h9-10H,5-8H2,1-4H3,(H,14,16). The van der Waals surface area contributed by atoms with Gasteiger partial charge in [0.05, 0.1) is 6.04 Å². The van der Waals surface area contributed by atoms with E-state index in [-0.39, 0.29) is 12.4 Å². The number of ketones is 1. The molecule has 0 aliphatic heterocycles. The van der Waals surface area contributed by atoms with Gasteiger partial charge in [-0.25, -0.2) is 4.79 Å². The second-order valence-corrected chi connectivity index (χ2v) is 5.78. The Kier molecular flexibility index (Phi) is 5.14. The van der Waals surface area contributed by atoms with Crippen LogP contribution in [0.5, 0.6) is 0 Å². The maximum absolute atomic E-state index is 11.8. The molecule has 0 saturated heterocycles. The Morgan fingerprint density at radius 1 is 1.33 bits per heavy atom. The van der Waals surface area contributed by atoms with Crippen molar-refractivity contribution in [1.82, 2.24) is 5.32 Å². The lowest BCUT2D eigenvalue weighted by atomic mass is 10.1. The minimum absolute atomic E-state index is 0.0210. The van der Waals surface area contributed by atoms with Crippen LogP contribution in [0.3, 0.4) is 0 Å². The van der Waals surface area contributed by atoms with E-state index in [0.717, 1.165) is 12.8 Å². The molecule has 1 amide bonds. The molecule has 1 unspecified atom stereocenters. The van der Waals surface area contributed by atoms with Gasteiger partial charge < -0.3 is 14.8 Å². The van der Waals surface area contributed by atoms with E-state index in [1.54, 1.807) is 20.8 Å². The molecular weight excluding hydrogens is 234 g/mol. The minimum atomic E-state index is -0.557. The molecule has 0 heterocycles. The Labute approximate surface area is 108 Å². The molecule has 0 spiro atoms. The van der Waals surface area contributed by atoms with E-state index < -0.39 is 17.7 Å². The number of hydrogen-bond donors (Lipinski definition) is 1. The molecule has 1 N–H and O–H groups in total. The van der Waals surface area contributed by atoms with Gasteiger partial charge in [0.25, 0.3) is 0 Å². The van der Waals surface area contributed by atoms with E-state index in [0.29, 0.717) is 12.3 Å². The molecule has 18 heavy (non-hydrogen) atoms. The third kappa shape index (κ3) is 6.00. The van der Waals surface area contributed by atoms with Gasteiger partial charge in [0.2, 0.25) is 0 Å². The van der Waals surface area contributed by atoms with Crippen molar-refractivity contribution in [1.29, 1.82) is 0 Å². The second-order valence-electron chi connectivity index (χ2n) is 5.78. The SMILES string of the molecule is COCC(=O)C(CC1CC1)NC(=O)OC(C)(C)C. The maximum atomic E-state index is 11.8. The van der Waals surface area contributed by atoms with E-state index in [1.165, 1.54) is 7.11 Å². The number of nitrogens with one attached hydrogen (secondary N) is 1. The summed E-state index contributed by atoms with van der Waals surface area (Å²) in [6, 6.07) is -0.493. The summed E-state index contributed by atoms with van der Waals surface area (Å²) >= 11 is 0. The first kappa shape index (κ1) is 15.0. The van der Waals surface area contributed by atoms with Crippen LogP contribution in [0.4, 0.5) is 4.79 Å². The predicted octanol–water partition coefficient (Wildman–Crippen LogP) is 1.90. The fraction of sp³-hybridized carbons (Fsp3) is 0.846. The van der Waals surface area contributed by atoms with Crippen molar-refractivity contribution in [2.45, 2.75) is 51.7 Å². The van der Waals surface area contributed by atoms with Crippen LogP contribution in [-0.4, -0.2) is 37.2 Å². The average molecular weight is 257 g/mol. The van der Waals surface area contributed by atoms with E-state index >= 15 is 0 Å². The summed E-state index contributed by atoms with van der Waals surface area (Å²) < 4.78 is 9.98. The summed E-state index contributed by atoms with van der Waals surface area (Å²) in [5.74, 6) is 0.445. The Hall–Kier alpha value is -1.10. The van der Waals surface area contributed by atoms with E-state index in [9.17, 15) is 9.59 Å². The molecule has 0 radical (unpaired) electrons. The molecule has 1 fully saturated rings. The van der Waals surface area contributed by atoms with Crippen LogP contribution >= 0.6 is 0 Å². The van der Waals surface area contributed by atoms with Gasteiger partial charge in [0.1, 0.15) is 12.2 Å². The van der Waals surface area contributed by atoms with Crippen molar-refractivity contribution in [2.75, 3.05) is 13.7 Å². The van der Waals surface area contributed by atoms with Gasteiger partial charge in [-0.05, 0) is 33.1 Å². The molecule has 1 saturated carbocycles. The predicted molar refractivity (Wildman–Crippen MR) is 67.4 cm³/mol. The third-order valence-corrected chi connectivity index (χ3v) is 2.63. The molecule has 0 aromatic rings. The Morgan fingerprint density at radius 2 is 1.94 bits per heavy atom. The molecular formula is C13H23NO4. The number of alkyl carbamates (subject to hydrolysis) is 1. The second kappa shape index (κ2) is 6.18. The fourth-order valence-electron chi connectivity index (χ4n) is 1.65. The number of methoxy groups -OCH3 is 1. The largest absolute Gasteiger partial charge is 0.444 e. The molecule has 5 heteroatoms. The smallest absolute Gasteiger partial charge is 0.408 e. The highest BCUT2D eigenvalue weighted by Crippen LogP contribution is 2.33. The summed E-state index contributed by atoms with van der Waals surface area (Å²) in [6.07, 6.45) is 2.40. The average Bonchev–Trinajstić information content (AvgIpc) is 2.98. The van der Waals surface area contributed by atoms with Gasteiger partial charge in [-0.15, -0.1) is 0 Å². The number of carbonyl (C=O) groups excluding carboxylic acids is 2. The molecule has 0 aromatic heterocycles. The molecule has 104 valence electrons. The zero-order valence-electron chi connectivity index (χ0n) is 11.6. The first-order chi connectivity index (χ1) is 8.31. The quantitative estimate of drug-likeness (QED) is 0.789. The summed E-state index contributed by atoms with van der Waals surface area (Å²) in [7, 11) is 1.47. The number of carbonyl (C=O) groups is 2. The fourth-order valence-corrected chi connectivity index (χ4v) is 1.65. The number of ether oxygens (including phenoxy) is 2. The number of Topliss-reactive ketones (excluding diaryl/α,β-unsaturated/α-hetero) is 1. The van der Waals surface area contributed by atoms with Gasteiger partial charge in [-0.3, -0.25) is 4.79 Å². The Morgan fingerprint density at radius 3 is 2.39 bits per heavy atom. The summed E-state index contributed by atoms with van der Waals surface area (Å²) in [5, 5.41) is 2.64. The number of amides is 1. The van der Waals surface area contributed by atoms with Crippen LogP contribution in [0.1, 0.15) is 40.0 Å². The van der Waals surface area contributed by atoms with Crippen LogP contribution in [0, 0.1) is 5.92 Å². The van der Waals surface area contributed by atoms with E-state index in [1.807, 2.05) is 0 Å². The summed E-state index contributed by atoms with van der Waals surface area (Å²) in [5.41, 5.74) is -0.557. The maximum Gasteiger partial charge on any atom is 0.408 e. The lowest BCUT2D eigenvalue weighted by Gasteiger charge is -2.23.